The van der Waals surface area contributed by atoms with Crippen LogP contribution in [0, 0.1) is 0 Å². The van der Waals surface area contributed by atoms with E-state index in [9.17, 15) is 0 Å². The van der Waals surface area contributed by atoms with Gasteiger partial charge < -0.3 is 20.1 Å². The zero-order valence-electron chi connectivity index (χ0n) is 13.0. The van der Waals surface area contributed by atoms with Crippen LogP contribution in [0.3, 0.4) is 0 Å². The third-order valence-electron chi connectivity index (χ3n) is 2.54. The van der Waals surface area contributed by atoms with Gasteiger partial charge in [0.05, 0.1) is 12.7 Å². The first-order chi connectivity index (χ1) is 9.50. The van der Waals surface area contributed by atoms with E-state index in [0.717, 1.165) is 13.0 Å². The monoisotopic (exact) mass is 283 g/mol. The fourth-order valence-electron chi connectivity index (χ4n) is 1.58. The van der Waals surface area contributed by atoms with Crippen molar-refractivity contribution in [2.24, 2.45) is 0 Å². The molecule has 1 aromatic rings. The second-order valence-electron chi connectivity index (χ2n) is 4.94. The number of nitrogens with zero attached hydrogens (tertiary/aromatic N) is 3. The summed E-state index contributed by atoms with van der Waals surface area (Å²) in [6.07, 6.45) is 0.994. The Morgan fingerprint density at radius 3 is 2.25 bits per heavy atom. The molecule has 0 atom stereocenters. The predicted octanol–water partition coefficient (Wildman–Crippen LogP) is 1.93. The molecule has 1 aromatic heterocycles. The minimum absolute atomic E-state index is 0.286. The van der Waals surface area contributed by atoms with Gasteiger partial charge in [0.1, 0.15) is 0 Å². The summed E-state index contributed by atoms with van der Waals surface area (Å²) in [5.41, 5.74) is -0.286. The van der Waals surface area contributed by atoms with Crippen LogP contribution in [0.1, 0.15) is 34.1 Å². The molecule has 0 aromatic carbocycles. The summed E-state index contributed by atoms with van der Waals surface area (Å²) in [5, 5.41) is 6.27. The molecule has 0 fully saturated rings. The second kappa shape index (κ2) is 7.84. The van der Waals surface area contributed by atoms with Gasteiger partial charge in [-0.05, 0) is 27.2 Å². The van der Waals surface area contributed by atoms with E-state index >= 15 is 0 Å². The normalized spacial score (nSPS) is 11.2. The molecule has 7 nitrogen and oxygen atoms in total. The van der Waals surface area contributed by atoms with E-state index in [1.54, 1.807) is 0 Å². The molecule has 1 rings (SSSR count). The molecule has 2 N–H and O–H groups in total. The van der Waals surface area contributed by atoms with Crippen molar-refractivity contribution in [2.45, 2.75) is 39.7 Å². The Bertz CT molecular complexity index is 412. The van der Waals surface area contributed by atoms with Gasteiger partial charge >= 0.3 is 6.01 Å². The molecule has 0 saturated heterocycles. The van der Waals surface area contributed by atoms with Crippen LogP contribution in [0.5, 0.6) is 6.01 Å². The summed E-state index contributed by atoms with van der Waals surface area (Å²) in [5.74, 6) is 0.985. The standard InChI is InChI=1S/C13H25N5O2/c1-6-8-14-10-16-11(18-12(17-10)19-5)15-9-13(3,4)20-7-2/h6-9H2,1-5H3,(H2,14,15,16,17,18). The van der Waals surface area contributed by atoms with Crippen LogP contribution in [-0.2, 0) is 4.74 Å². The van der Waals surface area contributed by atoms with Crippen molar-refractivity contribution in [2.75, 3.05) is 37.4 Å². The first kappa shape index (κ1) is 16.4. The number of anilines is 2. The Kier molecular flexibility index (Phi) is 6.44. The maximum absolute atomic E-state index is 5.62. The highest BCUT2D eigenvalue weighted by molar-refractivity contribution is 5.36. The number of aromatic nitrogens is 3. The van der Waals surface area contributed by atoms with E-state index in [2.05, 4.69) is 32.5 Å². The van der Waals surface area contributed by atoms with E-state index < -0.39 is 0 Å². The number of hydrogen-bond donors (Lipinski definition) is 2. The minimum atomic E-state index is -0.286. The Balaban J connectivity index is 2.73. The maximum Gasteiger partial charge on any atom is 0.322 e. The van der Waals surface area contributed by atoms with Crippen molar-refractivity contribution in [3.05, 3.63) is 0 Å². The van der Waals surface area contributed by atoms with E-state index in [-0.39, 0.29) is 11.6 Å². The minimum Gasteiger partial charge on any atom is -0.467 e. The van der Waals surface area contributed by atoms with Crippen LogP contribution in [0.4, 0.5) is 11.9 Å². The Morgan fingerprint density at radius 2 is 1.70 bits per heavy atom. The SMILES string of the molecule is CCCNc1nc(NCC(C)(C)OCC)nc(OC)n1. The third-order valence-corrected chi connectivity index (χ3v) is 2.54. The average molecular weight is 283 g/mol. The van der Waals surface area contributed by atoms with Crippen molar-refractivity contribution >= 4 is 11.9 Å². The van der Waals surface area contributed by atoms with Crippen molar-refractivity contribution < 1.29 is 9.47 Å². The van der Waals surface area contributed by atoms with Crippen LogP contribution >= 0.6 is 0 Å². The lowest BCUT2D eigenvalue weighted by molar-refractivity contribution is 0.000570. The van der Waals surface area contributed by atoms with E-state index in [1.165, 1.54) is 7.11 Å². The van der Waals surface area contributed by atoms with Crippen LogP contribution in [0.25, 0.3) is 0 Å². The van der Waals surface area contributed by atoms with Gasteiger partial charge in [-0.2, -0.15) is 15.0 Å². The first-order valence-corrected chi connectivity index (χ1v) is 6.92. The zero-order valence-corrected chi connectivity index (χ0v) is 13.0. The predicted molar refractivity (Wildman–Crippen MR) is 79.4 cm³/mol. The van der Waals surface area contributed by atoms with Gasteiger partial charge in [-0.15, -0.1) is 0 Å². The molecule has 0 aliphatic heterocycles. The molecule has 0 aliphatic rings. The van der Waals surface area contributed by atoms with Gasteiger partial charge in [-0.1, -0.05) is 6.92 Å². The third kappa shape index (κ3) is 5.56. The molecule has 0 unspecified atom stereocenters. The molecule has 0 aliphatic carbocycles. The summed E-state index contributed by atoms with van der Waals surface area (Å²) in [4.78, 5) is 12.6. The van der Waals surface area contributed by atoms with Gasteiger partial charge in [0, 0.05) is 19.7 Å². The van der Waals surface area contributed by atoms with Gasteiger partial charge in [0.2, 0.25) is 11.9 Å². The first-order valence-electron chi connectivity index (χ1n) is 6.92. The van der Waals surface area contributed by atoms with E-state index in [0.29, 0.717) is 25.0 Å². The van der Waals surface area contributed by atoms with Crippen LogP contribution in [-0.4, -0.2) is 47.4 Å². The maximum atomic E-state index is 5.62. The Hall–Kier alpha value is -1.63. The van der Waals surface area contributed by atoms with Gasteiger partial charge in [-0.25, -0.2) is 0 Å². The highest BCUT2D eigenvalue weighted by Gasteiger charge is 2.18. The highest BCUT2D eigenvalue weighted by atomic mass is 16.5. The van der Waals surface area contributed by atoms with Crippen LogP contribution < -0.4 is 15.4 Å². The largest absolute Gasteiger partial charge is 0.467 e. The second-order valence-corrected chi connectivity index (χ2v) is 4.94. The average Bonchev–Trinajstić information content (AvgIpc) is 2.43. The fourth-order valence-corrected chi connectivity index (χ4v) is 1.58. The van der Waals surface area contributed by atoms with Crippen molar-refractivity contribution in [1.82, 2.24) is 15.0 Å². The fraction of sp³-hybridized carbons (Fsp3) is 0.769. The summed E-state index contributed by atoms with van der Waals surface area (Å²) in [7, 11) is 1.53. The molecule has 0 saturated carbocycles. The molecular weight excluding hydrogens is 258 g/mol. The Morgan fingerprint density at radius 1 is 1.05 bits per heavy atom. The van der Waals surface area contributed by atoms with Crippen molar-refractivity contribution in [3.8, 4) is 6.01 Å². The summed E-state index contributed by atoms with van der Waals surface area (Å²) >= 11 is 0. The number of methoxy groups -OCH3 is 1. The smallest absolute Gasteiger partial charge is 0.322 e. The molecule has 20 heavy (non-hydrogen) atoms. The van der Waals surface area contributed by atoms with Crippen LogP contribution in [0.15, 0.2) is 0 Å². The van der Waals surface area contributed by atoms with E-state index in [4.69, 9.17) is 9.47 Å². The van der Waals surface area contributed by atoms with Gasteiger partial charge in [0.25, 0.3) is 0 Å². The lowest BCUT2D eigenvalue weighted by atomic mass is 10.1. The Labute approximate surface area is 120 Å². The molecule has 1 heterocycles. The van der Waals surface area contributed by atoms with Gasteiger partial charge in [0.15, 0.2) is 0 Å². The number of rotatable bonds is 9. The topological polar surface area (TPSA) is 81.2 Å². The zero-order chi connectivity index (χ0) is 15.0. The van der Waals surface area contributed by atoms with Crippen molar-refractivity contribution in [3.63, 3.8) is 0 Å². The molecule has 114 valence electrons. The highest BCUT2D eigenvalue weighted by Crippen LogP contribution is 2.13. The summed E-state index contributed by atoms with van der Waals surface area (Å²) in [6.45, 7) is 10.1. The lowest BCUT2D eigenvalue weighted by Crippen LogP contribution is -2.34. The van der Waals surface area contributed by atoms with E-state index in [1.807, 2.05) is 20.8 Å². The van der Waals surface area contributed by atoms with Crippen LogP contribution in [0.2, 0.25) is 0 Å². The molecule has 0 amide bonds. The molecular formula is C13H25N5O2. The molecule has 0 spiro atoms. The number of nitrogens with one attached hydrogen (secondary N) is 2. The molecule has 0 bridgehead atoms. The molecule has 7 heteroatoms. The number of hydrogen-bond acceptors (Lipinski definition) is 7. The van der Waals surface area contributed by atoms with Gasteiger partial charge in [-0.3, -0.25) is 0 Å². The summed E-state index contributed by atoms with van der Waals surface area (Å²) < 4.78 is 10.7. The molecule has 0 radical (unpaired) electrons. The lowest BCUT2D eigenvalue weighted by Gasteiger charge is -2.24. The number of ether oxygens (including phenoxy) is 2. The summed E-state index contributed by atoms with van der Waals surface area (Å²) in [6, 6.07) is 0.287. The van der Waals surface area contributed by atoms with Crippen molar-refractivity contribution in [1.29, 1.82) is 0 Å². The quantitative estimate of drug-likeness (QED) is 0.716.